The first-order valence-electron chi connectivity index (χ1n) is 19.4. The van der Waals surface area contributed by atoms with Crippen molar-refractivity contribution in [1.29, 1.82) is 0 Å². The van der Waals surface area contributed by atoms with Gasteiger partial charge in [-0.05, 0) is 61.1 Å². The number of benzene rings is 4. The van der Waals surface area contributed by atoms with E-state index in [0.29, 0.717) is 24.5 Å². The minimum absolute atomic E-state index is 0.126. The third-order valence-corrected chi connectivity index (χ3v) is 10.8. The maximum absolute atomic E-state index is 13.4. The van der Waals surface area contributed by atoms with E-state index >= 15 is 0 Å². The summed E-state index contributed by atoms with van der Waals surface area (Å²) >= 11 is 0. The Morgan fingerprint density at radius 1 is 0.649 bits per heavy atom. The Kier molecular flexibility index (Phi) is 12.5. The fourth-order valence-corrected chi connectivity index (χ4v) is 8.01. The van der Waals surface area contributed by atoms with Crippen LogP contribution in [0.5, 0.6) is 0 Å². The third kappa shape index (κ3) is 9.14. The van der Waals surface area contributed by atoms with Crippen molar-refractivity contribution in [3.63, 3.8) is 0 Å². The molecule has 0 unspecified atom stereocenters. The molecule has 12 nitrogen and oxygen atoms in total. The number of aromatic nitrogens is 2. The Morgan fingerprint density at radius 2 is 1.09 bits per heavy atom. The fraction of sp³-hybridized carbons (Fsp3) is 0.311. The molecule has 0 bridgehead atoms. The van der Waals surface area contributed by atoms with Crippen molar-refractivity contribution in [2.75, 3.05) is 37.9 Å². The first-order chi connectivity index (χ1) is 27.8. The monoisotopic (exact) mass is 768 g/mol. The average molecular weight is 769 g/mol. The zero-order valence-electron chi connectivity index (χ0n) is 32.2. The maximum Gasteiger partial charge on any atom is 0.256 e. The number of nitrogens with zero attached hydrogens (tertiary/aromatic N) is 3. The number of imidazole rings is 1. The molecule has 2 saturated heterocycles. The summed E-state index contributed by atoms with van der Waals surface area (Å²) in [5, 5.41) is 5.99. The van der Waals surface area contributed by atoms with Crippen LogP contribution in [0.15, 0.2) is 116 Å². The average Bonchev–Trinajstić information content (AvgIpc) is 4.02. The minimum atomic E-state index is -0.707. The molecule has 3 heterocycles. The lowest BCUT2D eigenvalue weighted by Gasteiger charge is -2.28. The quantitative estimate of drug-likeness (QED) is 0.109. The Morgan fingerprint density at radius 3 is 1.53 bits per heavy atom. The number of carbonyl (C=O) groups is 4. The third-order valence-electron chi connectivity index (χ3n) is 10.8. The van der Waals surface area contributed by atoms with Crippen molar-refractivity contribution in [1.82, 2.24) is 19.8 Å². The molecule has 3 N–H and O–H groups in total. The van der Waals surface area contributed by atoms with Crippen LogP contribution in [0.4, 0.5) is 11.4 Å². The maximum atomic E-state index is 13.4. The second-order valence-corrected chi connectivity index (χ2v) is 14.5. The number of anilines is 2. The summed E-state index contributed by atoms with van der Waals surface area (Å²) in [5.74, 6) is -0.573. The van der Waals surface area contributed by atoms with Gasteiger partial charge in [-0.2, -0.15) is 0 Å². The molecule has 0 saturated carbocycles. The normalized spacial score (nSPS) is 17.6. The van der Waals surface area contributed by atoms with Crippen molar-refractivity contribution in [3.05, 3.63) is 127 Å². The smallest absolute Gasteiger partial charge is 0.256 e. The summed E-state index contributed by atoms with van der Waals surface area (Å²) < 4.78 is 11.2. The van der Waals surface area contributed by atoms with E-state index in [2.05, 4.69) is 20.6 Å². The first kappa shape index (κ1) is 39.1. The number of hydrogen-bond donors (Lipinski definition) is 3. The summed E-state index contributed by atoms with van der Waals surface area (Å²) in [6.45, 7) is 1.19. The lowest BCUT2D eigenvalue weighted by Crippen LogP contribution is -2.41. The number of amides is 4. The molecule has 2 aliphatic rings. The largest absolute Gasteiger partial charge is 0.367 e. The number of nitrogens with one attached hydrogen (secondary N) is 3. The van der Waals surface area contributed by atoms with Crippen LogP contribution in [0.25, 0.3) is 22.5 Å². The number of rotatable bonds is 14. The molecule has 4 aromatic carbocycles. The van der Waals surface area contributed by atoms with Gasteiger partial charge in [0, 0.05) is 74.7 Å². The first-order valence-corrected chi connectivity index (χ1v) is 19.4. The second kappa shape index (κ2) is 18.2. The molecule has 7 rings (SSSR count). The molecule has 2 aliphatic heterocycles. The highest BCUT2D eigenvalue weighted by atomic mass is 16.5. The number of carbonyl (C=O) groups excluding carboxylic acids is 4. The number of H-pyrrole nitrogens is 1. The molecule has 4 amide bonds. The summed E-state index contributed by atoms with van der Waals surface area (Å²) in [5.41, 5.74) is 6.18. The number of methoxy groups -OCH3 is 2. The van der Waals surface area contributed by atoms with Crippen LogP contribution in [0, 0.1) is 0 Å². The highest BCUT2D eigenvalue weighted by Gasteiger charge is 2.36. The molecular weight excluding hydrogens is 721 g/mol. The highest BCUT2D eigenvalue weighted by molar-refractivity contribution is 5.93. The summed E-state index contributed by atoms with van der Waals surface area (Å²) in [7, 11) is 3.06. The Hall–Kier alpha value is -6.11. The molecule has 2 fully saturated rings. The van der Waals surface area contributed by atoms with Crippen molar-refractivity contribution in [2.24, 2.45) is 0 Å². The van der Waals surface area contributed by atoms with E-state index in [1.807, 2.05) is 109 Å². The Bertz CT molecular complexity index is 1990. The van der Waals surface area contributed by atoms with Gasteiger partial charge in [0.25, 0.3) is 11.8 Å². The van der Waals surface area contributed by atoms with Crippen LogP contribution < -0.4 is 10.6 Å². The zero-order valence-corrected chi connectivity index (χ0v) is 32.2. The van der Waals surface area contributed by atoms with Gasteiger partial charge in [0.15, 0.2) is 12.2 Å². The highest BCUT2D eigenvalue weighted by Crippen LogP contribution is 2.32. The second-order valence-electron chi connectivity index (χ2n) is 14.5. The van der Waals surface area contributed by atoms with Crippen LogP contribution in [0.1, 0.15) is 61.9 Å². The number of ether oxygens (including phenoxy) is 2. The van der Waals surface area contributed by atoms with Gasteiger partial charge in [0.1, 0.15) is 0 Å². The molecule has 0 spiro atoms. The van der Waals surface area contributed by atoms with E-state index in [0.717, 1.165) is 59.3 Å². The standard InChI is InChI=1S/C45H48N6O6/c1-56-42(32-11-5-3-6-12-32)44(54)50-25-9-15-36(50)27-38(52)48-34-21-17-30(18-22-34)40-41(47-29-46-40)31-19-23-35(24-20-31)49-39(53)28-37-16-10-26-51(37)45(55)43(57-2)33-13-7-4-8-14-33/h3-8,11-14,17-24,29,36-37,42-43H,9-10,15-16,25-28H2,1-2H3,(H,46,47)(H,48,52)(H,49,53)/t36-,37-,42-,43-/m0/s1. The van der Waals surface area contributed by atoms with E-state index in [-0.39, 0.29) is 48.6 Å². The molecule has 5 aromatic rings. The van der Waals surface area contributed by atoms with Crippen LogP contribution >= 0.6 is 0 Å². The van der Waals surface area contributed by atoms with Crippen LogP contribution in [-0.2, 0) is 28.7 Å². The molecule has 0 aliphatic carbocycles. The van der Waals surface area contributed by atoms with Gasteiger partial charge in [-0.1, -0.05) is 84.9 Å². The number of likely N-dealkylation sites (tertiary alicyclic amines) is 2. The van der Waals surface area contributed by atoms with Gasteiger partial charge in [-0.15, -0.1) is 0 Å². The molecule has 12 heteroatoms. The summed E-state index contributed by atoms with van der Waals surface area (Å²) in [6.07, 6.45) is 3.80. The summed E-state index contributed by atoms with van der Waals surface area (Å²) in [6, 6.07) is 33.5. The van der Waals surface area contributed by atoms with Gasteiger partial charge >= 0.3 is 0 Å². The van der Waals surface area contributed by atoms with Gasteiger partial charge in [0.05, 0.1) is 17.7 Å². The molecule has 294 valence electrons. The lowest BCUT2D eigenvalue weighted by molar-refractivity contribution is -0.144. The van der Waals surface area contributed by atoms with Crippen LogP contribution in [-0.4, -0.2) is 82.8 Å². The van der Waals surface area contributed by atoms with E-state index in [1.165, 1.54) is 14.2 Å². The van der Waals surface area contributed by atoms with Crippen LogP contribution in [0.2, 0.25) is 0 Å². The van der Waals surface area contributed by atoms with E-state index in [1.54, 1.807) is 16.1 Å². The molecule has 1 aromatic heterocycles. The van der Waals surface area contributed by atoms with Crippen molar-refractivity contribution >= 4 is 35.0 Å². The van der Waals surface area contributed by atoms with Crippen molar-refractivity contribution in [2.45, 2.75) is 62.8 Å². The molecule has 57 heavy (non-hydrogen) atoms. The Labute approximate surface area is 332 Å². The van der Waals surface area contributed by atoms with E-state index in [4.69, 9.17) is 9.47 Å². The predicted octanol–water partition coefficient (Wildman–Crippen LogP) is 7.16. The molecular formula is C45H48N6O6. The van der Waals surface area contributed by atoms with Gasteiger partial charge in [-0.25, -0.2) is 4.98 Å². The number of hydrogen-bond acceptors (Lipinski definition) is 7. The topological polar surface area (TPSA) is 146 Å². The summed E-state index contributed by atoms with van der Waals surface area (Å²) in [4.78, 5) is 64.6. The SMILES string of the molecule is CO[C@H](C(=O)N1CCC[C@H]1CC(=O)Nc1ccc(-c2nc[nH]c2-c2ccc(NC(=O)C[C@@H]3CCCN3C(=O)[C@@H](OC)c3ccccc3)cc2)cc1)c1ccccc1. The van der Waals surface area contributed by atoms with Crippen LogP contribution in [0.3, 0.4) is 0 Å². The molecule has 0 radical (unpaired) electrons. The van der Waals surface area contributed by atoms with E-state index < -0.39 is 12.2 Å². The van der Waals surface area contributed by atoms with Gasteiger partial charge in [0.2, 0.25) is 11.8 Å². The van der Waals surface area contributed by atoms with E-state index in [9.17, 15) is 19.2 Å². The van der Waals surface area contributed by atoms with Crippen molar-refractivity contribution in [3.8, 4) is 22.5 Å². The minimum Gasteiger partial charge on any atom is -0.367 e. The number of aromatic amines is 1. The lowest BCUT2D eigenvalue weighted by atomic mass is 10.0. The Balaban J connectivity index is 0.927. The predicted molar refractivity (Wildman–Crippen MR) is 218 cm³/mol. The van der Waals surface area contributed by atoms with Gasteiger partial charge < -0.3 is 34.9 Å². The molecule has 4 atom stereocenters. The zero-order chi connectivity index (χ0) is 39.7. The van der Waals surface area contributed by atoms with Gasteiger partial charge in [-0.3, -0.25) is 19.2 Å². The fourth-order valence-electron chi connectivity index (χ4n) is 8.01. The van der Waals surface area contributed by atoms with Crippen molar-refractivity contribution < 1.29 is 28.7 Å².